The molecule has 0 spiro atoms. The van der Waals surface area contributed by atoms with Crippen molar-refractivity contribution in [3.63, 3.8) is 0 Å². The van der Waals surface area contributed by atoms with Crippen LogP contribution < -0.4 is 5.32 Å². The molecule has 0 aliphatic carbocycles. The Morgan fingerprint density at radius 3 is 1.05 bits per heavy atom. The van der Waals surface area contributed by atoms with E-state index >= 15 is 0 Å². The van der Waals surface area contributed by atoms with Gasteiger partial charge >= 0.3 is 0 Å². The standard InChI is InChI=1S/C59H95NO3/c1-3-5-7-9-11-13-15-17-18-19-20-21-22-23-24-25-26-27-28-29-30-31-32-33-34-35-36-37-38-39-40-41-42-43-45-47-49-51-53-55-59(63)60-57(56-61)58(62)54-52-50-48-46-44-16-14-12-10-8-6-4-2/h5,7,11,13,17-18,20-21,23-24,26-27,29-30,32-33,35-36,38-39,41-42,52,54,57-58,61-62H,3-4,6,8-10,12,14-16,19,22,25,28,31,34,37,40,43-51,53,55-56H2,1-2H3,(H,60,63)/b7-5-,13-11-,18-17-,21-20-,24-23-,27-26-,30-29-,33-32-,36-35-,39-38-,42-41-,54-52+. The summed E-state index contributed by atoms with van der Waals surface area (Å²) in [5.41, 5.74) is 0. The second-order valence-corrected chi connectivity index (χ2v) is 16.5. The van der Waals surface area contributed by atoms with Crippen LogP contribution in [-0.4, -0.2) is 34.9 Å². The number of unbranched alkanes of at least 4 members (excludes halogenated alkanes) is 15. The molecule has 0 bridgehead atoms. The lowest BCUT2D eigenvalue weighted by Gasteiger charge is -2.20. The zero-order valence-corrected chi connectivity index (χ0v) is 40.5. The van der Waals surface area contributed by atoms with Crippen LogP contribution in [0, 0.1) is 0 Å². The summed E-state index contributed by atoms with van der Waals surface area (Å²) in [7, 11) is 0. The summed E-state index contributed by atoms with van der Waals surface area (Å²) < 4.78 is 0. The number of carbonyl (C=O) groups excluding carboxylic acids is 1. The molecule has 0 aliphatic heterocycles. The Hall–Kier alpha value is -3.73. The Labute approximate surface area is 389 Å². The van der Waals surface area contributed by atoms with Gasteiger partial charge in [0.05, 0.1) is 18.8 Å². The van der Waals surface area contributed by atoms with Crippen molar-refractivity contribution in [2.24, 2.45) is 0 Å². The summed E-state index contributed by atoms with van der Waals surface area (Å²) >= 11 is 0. The van der Waals surface area contributed by atoms with E-state index in [0.717, 1.165) is 109 Å². The summed E-state index contributed by atoms with van der Waals surface area (Å²) in [6.07, 6.45) is 84.0. The third-order valence-corrected chi connectivity index (χ3v) is 10.6. The quantitative estimate of drug-likeness (QED) is 0.0422. The first-order valence-corrected chi connectivity index (χ1v) is 25.5. The van der Waals surface area contributed by atoms with E-state index in [2.05, 4.69) is 153 Å². The molecule has 3 N–H and O–H groups in total. The molecule has 0 aromatic heterocycles. The van der Waals surface area contributed by atoms with E-state index in [0.29, 0.717) is 6.42 Å². The smallest absolute Gasteiger partial charge is 0.220 e. The largest absolute Gasteiger partial charge is 0.394 e. The zero-order valence-electron chi connectivity index (χ0n) is 40.5. The lowest BCUT2D eigenvalue weighted by Crippen LogP contribution is -2.45. The average Bonchev–Trinajstić information content (AvgIpc) is 3.29. The molecule has 0 saturated carbocycles. The summed E-state index contributed by atoms with van der Waals surface area (Å²) in [6, 6.07) is -0.642. The normalized spacial score (nSPS) is 14.2. The molecule has 1 amide bonds. The Kier molecular flexibility index (Phi) is 49.5. The molecule has 354 valence electrons. The van der Waals surface area contributed by atoms with Gasteiger partial charge < -0.3 is 15.5 Å². The number of amides is 1. The molecule has 0 saturated heterocycles. The highest BCUT2D eigenvalue weighted by molar-refractivity contribution is 5.76. The van der Waals surface area contributed by atoms with Crippen LogP contribution in [0.3, 0.4) is 0 Å². The minimum absolute atomic E-state index is 0.0909. The molecule has 0 rings (SSSR count). The zero-order chi connectivity index (χ0) is 45.6. The van der Waals surface area contributed by atoms with Crippen LogP contribution in [0.15, 0.2) is 146 Å². The Bertz CT molecular complexity index is 1350. The van der Waals surface area contributed by atoms with Gasteiger partial charge in [-0.3, -0.25) is 4.79 Å². The maximum Gasteiger partial charge on any atom is 0.220 e. The maximum absolute atomic E-state index is 12.4. The van der Waals surface area contributed by atoms with Gasteiger partial charge in [-0.1, -0.05) is 237 Å². The lowest BCUT2D eigenvalue weighted by atomic mass is 10.1. The molecule has 2 atom stereocenters. The molecule has 63 heavy (non-hydrogen) atoms. The first-order chi connectivity index (χ1) is 31.2. The second-order valence-electron chi connectivity index (χ2n) is 16.5. The minimum Gasteiger partial charge on any atom is -0.394 e. The van der Waals surface area contributed by atoms with Crippen molar-refractivity contribution < 1.29 is 15.0 Å². The van der Waals surface area contributed by atoms with Gasteiger partial charge in [0.15, 0.2) is 0 Å². The summed E-state index contributed by atoms with van der Waals surface area (Å²) in [5, 5.41) is 23.0. The number of allylic oxidation sites excluding steroid dienone is 23. The van der Waals surface area contributed by atoms with Gasteiger partial charge in [0.2, 0.25) is 5.91 Å². The number of aliphatic hydroxyl groups is 2. The van der Waals surface area contributed by atoms with Gasteiger partial charge in [0.25, 0.3) is 0 Å². The number of hydrogen-bond donors (Lipinski definition) is 3. The Morgan fingerprint density at radius 2 is 0.698 bits per heavy atom. The van der Waals surface area contributed by atoms with Crippen molar-refractivity contribution in [2.75, 3.05) is 6.61 Å². The van der Waals surface area contributed by atoms with Crippen molar-refractivity contribution in [3.05, 3.63) is 146 Å². The Balaban J connectivity index is 3.71. The van der Waals surface area contributed by atoms with Crippen LogP contribution in [0.4, 0.5) is 0 Å². The topological polar surface area (TPSA) is 69.6 Å². The second kappa shape index (κ2) is 52.6. The van der Waals surface area contributed by atoms with Gasteiger partial charge in [-0.25, -0.2) is 0 Å². The molecule has 4 heteroatoms. The predicted molar refractivity (Wildman–Crippen MR) is 280 cm³/mol. The third-order valence-electron chi connectivity index (χ3n) is 10.6. The van der Waals surface area contributed by atoms with Gasteiger partial charge in [0.1, 0.15) is 0 Å². The van der Waals surface area contributed by atoms with E-state index in [4.69, 9.17) is 0 Å². The van der Waals surface area contributed by atoms with Crippen molar-refractivity contribution in [1.82, 2.24) is 5.32 Å². The van der Waals surface area contributed by atoms with Crippen LogP contribution in [0.2, 0.25) is 0 Å². The third kappa shape index (κ3) is 49.1. The van der Waals surface area contributed by atoms with Crippen molar-refractivity contribution in [3.8, 4) is 0 Å². The highest BCUT2D eigenvalue weighted by Crippen LogP contribution is 2.12. The first kappa shape index (κ1) is 59.3. The van der Waals surface area contributed by atoms with E-state index in [1.807, 2.05) is 6.08 Å². The lowest BCUT2D eigenvalue weighted by molar-refractivity contribution is -0.123. The van der Waals surface area contributed by atoms with Crippen molar-refractivity contribution in [1.29, 1.82) is 0 Å². The summed E-state index contributed by atoms with van der Waals surface area (Å²) in [4.78, 5) is 12.4. The van der Waals surface area contributed by atoms with E-state index in [1.165, 1.54) is 70.6 Å². The fraction of sp³-hybridized carbons (Fsp3) is 0.576. The predicted octanol–water partition coefficient (Wildman–Crippen LogP) is 16.9. The first-order valence-electron chi connectivity index (χ1n) is 25.5. The van der Waals surface area contributed by atoms with Gasteiger partial charge in [-0.05, 0) is 103 Å². The molecular weight excluding hydrogens is 771 g/mol. The molecule has 4 nitrogen and oxygen atoms in total. The molecule has 0 aromatic rings. The maximum atomic E-state index is 12.4. The SMILES string of the molecule is CC/C=C\C/C=C\C/C=C\C/C=C\C/C=C\C/C=C\C/C=C\C/C=C\C/C=C\C/C=C\C/C=C\CCCCCCCC(=O)NC(CO)C(O)/C=C/CCCCCCCCCCCC. The van der Waals surface area contributed by atoms with Crippen LogP contribution >= 0.6 is 0 Å². The summed E-state index contributed by atoms with van der Waals surface area (Å²) in [5.74, 6) is -0.0909. The van der Waals surface area contributed by atoms with Gasteiger partial charge in [-0.2, -0.15) is 0 Å². The van der Waals surface area contributed by atoms with Gasteiger partial charge in [0, 0.05) is 6.42 Å². The van der Waals surface area contributed by atoms with Gasteiger partial charge in [-0.15, -0.1) is 0 Å². The average molecular weight is 866 g/mol. The van der Waals surface area contributed by atoms with E-state index in [9.17, 15) is 15.0 Å². The molecule has 0 radical (unpaired) electrons. The van der Waals surface area contributed by atoms with Crippen molar-refractivity contribution in [2.45, 2.75) is 212 Å². The van der Waals surface area contributed by atoms with Crippen molar-refractivity contribution >= 4 is 5.91 Å². The molecule has 0 aliphatic rings. The molecule has 2 unspecified atom stereocenters. The minimum atomic E-state index is -0.856. The number of carbonyl (C=O) groups is 1. The number of nitrogens with one attached hydrogen (secondary N) is 1. The molecular formula is C59H95NO3. The number of hydrogen-bond acceptors (Lipinski definition) is 3. The monoisotopic (exact) mass is 866 g/mol. The highest BCUT2D eigenvalue weighted by atomic mass is 16.3. The van der Waals surface area contributed by atoms with Crippen LogP contribution in [0.1, 0.15) is 200 Å². The van der Waals surface area contributed by atoms with E-state index in [-0.39, 0.29) is 12.5 Å². The number of aliphatic hydroxyl groups excluding tert-OH is 2. The van der Waals surface area contributed by atoms with E-state index < -0.39 is 12.1 Å². The Morgan fingerprint density at radius 1 is 0.397 bits per heavy atom. The van der Waals surface area contributed by atoms with Crippen LogP contribution in [-0.2, 0) is 4.79 Å². The number of rotatable bonds is 44. The van der Waals surface area contributed by atoms with E-state index in [1.54, 1.807) is 6.08 Å². The van der Waals surface area contributed by atoms with Crippen LogP contribution in [0.25, 0.3) is 0 Å². The molecule has 0 heterocycles. The fourth-order valence-corrected chi connectivity index (χ4v) is 6.71. The fourth-order valence-electron chi connectivity index (χ4n) is 6.71. The highest BCUT2D eigenvalue weighted by Gasteiger charge is 2.17. The molecule has 0 aromatic carbocycles. The van der Waals surface area contributed by atoms with Crippen LogP contribution in [0.5, 0.6) is 0 Å². The molecule has 0 fully saturated rings. The summed E-state index contributed by atoms with van der Waals surface area (Å²) in [6.45, 7) is 4.16.